The number of hydrogen-bond donors (Lipinski definition) is 2. The Hall–Kier alpha value is -2.62. The van der Waals surface area contributed by atoms with E-state index in [1.807, 2.05) is 6.92 Å². The second-order valence-electron chi connectivity index (χ2n) is 5.83. The Balaban J connectivity index is 2.06. The number of nitrogens with one attached hydrogen (secondary N) is 2. The van der Waals surface area contributed by atoms with Crippen LogP contribution in [-0.2, 0) is 22.6 Å². The van der Waals surface area contributed by atoms with Crippen LogP contribution < -0.4 is 5.32 Å². The highest BCUT2D eigenvalue weighted by molar-refractivity contribution is 7.71. The summed E-state index contributed by atoms with van der Waals surface area (Å²) in [6.45, 7) is 3.53. The van der Waals surface area contributed by atoms with Crippen molar-refractivity contribution in [2.75, 3.05) is 18.4 Å². The molecule has 0 unspecified atom stereocenters. The number of carbonyl (C=O) groups excluding carboxylic acids is 2. The van der Waals surface area contributed by atoms with E-state index in [4.69, 9.17) is 12.2 Å². The van der Waals surface area contributed by atoms with Crippen molar-refractivity contribution in [2.24, 2.45) is 0 Å². The smallest absolute Gasteiger partial charge is 0.244 e. The average Bonchev–Trinajstić information content (AvgIpc) is 2.96. The molecule has 10 heteroatoms. The summed E-state index contributed by atoms with van der Waals surface area (Å²) >= 11 is 5.14. The molecule has 1 heterocycles. The Morgan fingerprint density at radius 1 is 1.30 bits per heavy atom. The molecule has 7 nitrogen and oxygen atoms in total. The molecular weight excluding hydrogens is 376 g/mol. The molecule has 0 radical (unpaired) electrons. The minimum atomic E-state index is -0.883. The molecule has 27 heavy (non-hydrogen) atoms. The number of benzene rings is 1. The van der Waals surface area contributed by atoms with E-state index < -0.39 is 23.2 Å². The average molecular weight is 397 g/mol. The van der Waals surface area contributed by atoms with Crippen LogP contribution in [0.5, 0.6) is 0 Å². The third kappa shape index (κ3) is 5.19. The second-order valence-corrected chi connectivity index (χ2v) is 6.22. The van der Waals surface area contributed by atoms with E-state index in [9.17, 15) is 18.4 Å². The van der Waals surface area contributed by atoms with Crippen molar-refractivity contribution in [1.29, 1.82) is 0 Å². The number of aromatic amines is 1. The van der Waals surface area contributed by atoms with Gasteiger partial charge in [-0.15, -0.1) is 0 Å². The van der Waals surface area contributed by atoms with Crippen LogP contribution >= 0.6 is 12.2 Å². The van der Waals surface area contributed by atoms with Gasteiger partial charge in [0, 0.05) is 13.0 Å². The first-order valence-corrected chi connectivity index (χ1v) is 8.93. The summed E-state index contributed by atoms with van der Waals surface area (Å²) in [5.41, 5.74) is -0.534. The van der Waals surface area contributed by atoms with Gasteiger partial charge in [-0.3, -0.25) is 19.3 Å². The zero-order chi connectivity index (χ0) is 20.0. The molecule has 0 aliphatic carbocycles. The summed E-state index contributed by atoms with van der Waals surface area (Å²) in [5, 5.41) is 8.92. The normalized spacial score (nSPS) is 10.7. The topological polar surface area (TPSA) is 83.0 Å². The SMILES string of the molecule is CCCc1n[nH]c(=S)n1CC(=O)N(CC)CC(=O)Nc1c(F)cccc1F. The van der Waals surface area contributed by atoms with Crippen molar-refractivity contribution in [1.82, 2.24) is 19.7 Å². The Morgan fingerprint density at radius 3 is 2.56 bits per heavy atom. The quantitative estimate of drug-likeness (QED) is 0.671. The van der Waals surface area contributed by atoms with Crippen LogP contribution in [0.2, 0.25) is 0 Å². The number of halogens is 2. The summed E-state index contributed by atoms with van der Waals surface area (Å²) in [5.74, 6) is -2.15. The molecule has 0 saturated carbocycles. The van der Waals surface area contributed by atoms with Gasteiger partial charge in [0.1, 0.15) is 29.7 Å². The molecule has 0 atom stereocenters. The standard InChI is InChI=1S/C17H21F2N5O2S/c1-3-6-13-21-22-17(27)24(13)10-15(26)23(4-2)9-14(25)20-16-11(18)7-5-8-12(16)19/h5,7-8H,3-4,6,9-10H2,1-2H3,(H,20,25)(H,22,27). The lowest BCUT2D eigenvalue weighted by Gasteiger charge is -2.21. The third-order valence-electron chi connectivity index (χ3n) is 3.90. The van der Waals surface area contributed by atoms with Gasteiger partial charge in [0.25, 0.3) is 0 Å². The zero-order valence-corrected chi connectivity index (χ0v) is 15.9. The maximum absolute atomic E-state index is 13.6. The van der Waals surface area contributed by atoms with Gasteiger partial charge in [0.05, 0.1) is 6.54 Å². The van der Waals surface area contributed by atoms with Gasteiger partial charge in [-0.25, -0.2) is 8.78 Å². The van der Waals surface area contributed by atoms with Crippen LogP contribution in [0.15, 0.2) is 18.2 Å². The lowest BCUT2D eigenvalue weighted by Crippen LogP contribution is -2.40. The van der Waals surface area contributed by atoms with Gasteiger partial charge in [-0.2, -0.15) is 5.10 Å². The minimum Gasteiger partial charge on any atom is -0.332 e. The summed E-state index contributed by atoms with van der Waals surface area (Å²) in [4.78, 5) is 26.0. The monoisotopic (exact) mass is 397 g/mol. The molecule has 2 aromatic rings. The summed E-state index contributed by atoms with van der Waals surface area (Å²) in [6, 6.07) is 3.28. The molecule has 146 valence electrons. The number of anilines is 1. The van der Waals surface area contributed by atoms with E-state index in [-0.39, 0.29) is 25.5 Å². The first-order chi connectivity index (χ1) is 12.9. The molecular formula is C17H21F2N5O2S. The molecule has 1 aromatic heterocycles. The van der Waals surface area contributed by atoms with E-state index in [0.29, 0.717) is 17.0 Å². The van der Waals surface area contributed by atoms with Crippen molar-refractivity contribution in [3.05, 3.63) is 40.4 Å². The van der Waals surface area contributed by atoms with E-state index >= 15 is 0 Å². The fraction of sp³-hybridized carbons (Fsp3) is 0.412. The molecule has 0 saturated heterocycles. The highest BCUT2D eigenvalue weighted by atomic mass is 32.1. The Labute approximate surface area is 160 Å². The summed E-state index contributed by atoms with van der Waals surface area (Å²) in [7, 11) is 0. The van der Waals surface area contributed by atoms with E-state index in [0.717, 1.165) is 18.6 Å². The van der Waals surface area contributed by atoms with Crippen LogP contribution in [0, 0.1) is 16.4 Å². The Morgan fingerprint density at radius 2 is 1.96 bits per heavy atom. The van der Waals surface area contributed by atoms with Gasteiger partial charge in [0.2, 0.25) is 11.8 Å². The Kier molecular flexibility index (Phi) is 7.17. The maximum Gasteiger partial charge on any atom is 0.244 e. The van der Waals surface area contributed by atoms with E-state index in [1.54, 1.807) is 11.5 Å². The predicted octanol–water partition coefficient (Wildman–Crippen LogP) is 2.66. The number of amides is 2. The molecule has 0 aliphatic heterocycles. The highest BCUT2D eigenvalue weighted by Crippen LogP contribution is 2.17. The van der Waals surface area contributed by atoms with Gasteiger partial charge in [-0.05, 0) is 37.7 Å². The summed E-state index contributed by atoms with van der Waals surface area (Å²) < 4.78 is 29.2. The fourth-order valence-electron chi connectivity index (χ4n) is 2.51. The van der Waals surface area contributed by atoms with Crippen molar-refractivity contribution in [3.8, 4) is 0 Å². The number of para-hydroxylation sites is 1. The molecule has 0 fully saturated rings. The molecule has 2 rings (SSSR count). The van der Waals surface area contributed by atoms with Crippen LogP contribution in [0.3, 0.4) is 0 Å². The van der Waals surface area contributed by atoms with E-state index in [1.165, 1.54) is 11.0 Å². The van der Waals surface area contributed by atoms with Crippen LogP contribution in [0.4, 0.5) is 14.5 Å². The lowest BCUT2D eigenvalue weighted by molar-refractivity contribution is -0.135. The van der Waals surface area contributed by atoms with Crippen LogP contribution in [0.1, 0.15) is 26.1 Å². The molecule has 1 aromatic carbocycles. The summed E-state index contributed by atoms with van der Waals surface area (Å²) in [6.07, 6.45) is 1.49. The van der Waals surface area contributed by atoms with E-state index in [2.05, 4.69) is 15.5 Å². The van der Waals surface area contributed by atoms with Crippen molar-refractivity contribution < 1.29 is 18.4 Å². The highest BCUT2D eigenvalue weighted by Gasteiger charge is 2.19. The maximum atomic E-state index is 13.6. The van der Waals surface area contributed by atoms with Gasteiger partial charge in [0.15, 0.2) is 4.77 Å². The van der Waals surface area contributed by atoms with Gasteiger partial charge in [-0.1, -0.05) is 13.0 Å². The second kappa shape index (κ2) is 9.36. The Bertz CT molecular complexity index is 860. The molecule has 0 aliphatic rings. The minimum absolute atomic E-state index is 0.0696. The first-order valence-electron chi connectivity index (χ1n) is 8.53. The number of aryl methyl sites for hydroxylation is 1. The number of aromatic nitrogens is 3. The molecule has 2 amide bonds. The van der Waals surface area contributed by atoms with Gasteiger partial charge >= 0.3 is 0 Å². The number of nitrogens with zero attached hydrogens (tertiary/aromatic N) is 3. The van der Waals surface area contributed by atoms with Crippen molar-refractivity contribution >= 4 is 29.7 Å². The number of rotatable bonds is 8. The molecule has 2 N–H and O–H groups in total. The van der Waals surface area contributed by atoms with Crippen molar-refractivity contribution in [3.63, 3.8) is 0 Å². The van der Waals surface area contributed by atoms with Crippen LogP contribution in [0.25, 0.3) is 0 Å². The largest absolute Gasteiger partial charge is 0.332 e. The lowest BCUT2D eigenvalue weighted by atomic mass is 10.3. The zero-order valence-electron chi connectivity index (χ0n) is 15.1. The first kappa shape index (κ1) is 20.7. The number of likely N-dealkylation sites (N-methyl/N-ethyl adjacent to an activating group) is 1. The number of carbonyl (C=O) groups is 2. The third-order valence-corrected chi connectivity index (χ3v) is 4.21. The predicted molar refractivity (Wildman–Crippen MR) is 98.6 cm³/mol. The number of hydrogen-bond acceptors (Lipinski definition) is 4. The van der Waals surface area contributed by atoms with Gasteiger partial charge < -0.3 is 10.2 Å². The number of H-pyrrole nitrogens is 1. The fourth-order valence-corrected chi connectivity index (χ4v) is 2.72. The van der Waals surface area contributed by atoms with Crippen molar-refractivity contribution in [2.45, 2.75) is 33.2 Å². The van der Waals surface area contributed by atoms with Crippen LogP contribution in [-0.4, -0.2) is 44.6 Å². The molecule has 0 spiro atoms. The molecule has 0 bridgehead atoms.